The van der Waals surface area contributed by atoms with Crippen LogP contribution in [0.15, 0.2) is 59.9 Å². The minimum atomic E-state index is 0. The highest BCUT2D eigenvalue weighted by molar-refractivity contribution is 14.0. The minimum Gasteiger partial charge on any atom is -0.356 e. The second-order valence-corrected chi connectivity index (χ2v) is 6.88. The van der Waals surface area contributed by atoms with Crippen molar-refractivity contribution in [3.05, 3.63) is 66.0 Å². The van der Waals surface area contributed by atoms with Gasteiger partial charge in [0.15, 0.2) is 11.8 Å². The van der Waals surface area contributed by atoms with Crippen molar-refractivity contribution in [2.45, 2.75) is 18.9 Å². The van der Waals surface area contributed by atoms with Gasteiger partial charge < -0.3 is 16.0 Å². The topological polar surface area (TPSA) is 107 Å². The number of para-hydroxylation sites is 1. The number of carbonyl (C=O) groups is 1. The molecule has 1 unspecified atom stereocenters. The number of halogens is 1. The number of carbonyl (C=O) groups excluding carboxylic acids is 1. The molecule has 1 aliphatic heterocycles. The predicted octanol–water partition coefficient (Wildman–Crippen LogP) is 2.88. The van der Waals surface area contributed by atoms with Crippen molar-refractivity contribution in [3.8, 4) is 11.4 Å². The molecule has 0 bridgehead atoms. The molecule has 156 valence electrons. The molecule has 0 saturated heterocycles. The van der Waals surface area contributed by atoms with E-state index >= 15 is 0 Å². The van der Waals surface area contributed by atoms with E-state index in [2.05, 4.69) is 48.3 Å². The van der Waals surface area contributed by atoms with E-state index in [1.165, 1.54) is 6.33 Å². The number of fused-ring (bicyclic) bond motifs is 1. The third-order valence-electron chi connectivity index (χ3n) is 4.92. The molecule has 30 heavy (non-hydrogen) atoms. The van der Waals surface area contributed by atoms with E-state index in [1.54, 1.807) is 7.05 Å². The van der Waals surface area contributed by atoms with Crippen LogP contribution in [0.25, 0.3) is 11.4 Å². The summed E-state index contributed by atoms with van der Waals surface area (Å²) in [7, 11) is 1.74. The Balaban J connectivity index is 0.00000256. The molecule has 8 nitrogen and oxygen atoms in total. The molecule has 3 aromatic rings. The first kappa shape index (κ1) is 21.8. The van der Waals surface area contributed by atoms with Gasteiger partial charge in [-0.3, -0.25) is 14.9 Å². The summed E-state index contributed by atoms with van der Waals surface area (Å²) in [6.07, 6.45) is 1.95. The molecule has 9 heteroatoms. The molecule has 2 heterocycles. The van der Waals surface area contributed by atoms with Crippen LogP contribution in [0.1, 0.15) is 23.5 Å². The van der Waals surface area contributed by atoms with Crippen LogP contribution < -0.4 is 16.0 Å². The molecule has 0 spiro atoms. The van der Waals surface area contributed by atoms with E-state index in [4.69, 9.17) is 0 Å². The first-order chi connectivity index (χ1) is 14.2. The molecular formula is C21H24IN7O. The van der Waals surface area contributed by atoms with Gasteiger partial charge in [0.2, 0.25) is 5.91 Å². The van der Waals surface area contributed by atoms with Gasteiger partial charge in [0.05, 0.1) is 0 Å². The number of aromatic nitrogens is 3. The van der Waals surface area contributed by atoms with Crippen LogP contribution in [0, 0.1) is 0 Å². The molecule has 0 radical (unpaired) electrons. The van der Waals surface area contributed by atoms with Crippen molar-refractivity contribution >= 4 is 41.5 Å². The molecule has 1 atom stereocenters. The van der Waals surface area contributed by atoms with Crippen LogP contribution >= 0.6 is 24.0 Å². The summed E-state index contributed by atoms with van der Waals surface area (Å²) in [4.78, 5) is 20.5. The van der Waals surface area contributed by atoms with E-state index in [1.807, 2.05) is 36.4 Å². The van der Waals surface area contributed by atoms with Crippen LogP contribution in [-0.2, 0) is 11.3 Å². The number of amides is 1. The van der Waals surface area contributed by atoms with Crippen molar-refractivity contribution in [3.63, 3.8) is 0 Å². The van der Waals surface area contributed by atoms with Gasteiger partial charge in [-0.1, -0.05) is 36.4 Å². The van der Waals surface area contributed by atoms with Gasteiger partial charge in [0.1, 0.15) is 6.33 Å². The number of benzene rings is 2. The zero-order chi connectivity index (χ0) is 20.1. The number of H-pyrrole nitrogens is 1. The number of guanidine groups is 1. The highest BCUT2D eigenvalue weighted by Gasteiger charge is 2.24. The number of hydrogen-bond acceptors (Lipinski definition) is 4. The lowest BCUT2D eigenvalue weighted by Crippen LogP contribution is -2.40. The summed E-state index contributed by atoms with van der Waals surface area (Å²) in [6.45, 7) is 1.24. The Morgan fingerprint density at radius 1 is 1.20 bits per heavy atom. The number of anilines is 1. The number of rotatable bonds is 5. The summed E-state index contributed by atoms with van der Waals surface area (Å²) in [5.41, 5.74) is 4.12. The van der Waals surface area contributed by atoms with E-state index in [0.717, 1.165) is 28.2 Å². The molecule has 4 N–H and O–H groups in total. The third-order valence-corrected chi connectivity index (χ3v) is 4.92. The Hall–Kier alpha value is -2.95. The van der Waals surface area contributed by atoms with Crippen molar-refractivity contribution in [1.82, 2.24) is 25.8 Å². The first-order valence-electron chi connectivity index (χ1n) is 9.51. The van der Waals surface area contributed by atoms with Crippen LogP contribution in [-0.4, -0.2) is 40.6 Å². The molecule has 1 amide bonds. The number of hydrogen-bond donors (Lipinski definition) is 4. The zero-order valence-corrected chi connectivity index (χ0v) is 18.9. The monoisotopic (exact) mass is 517 g/mol. The molecule has 1 aliphatic rings. The number of nitrogens with one attached hydrogen (secondary N) is 4. The fraction of sp³-hybridized carbons (Fsp3) is 0.238. The lowest BCUT2D eigenvalue weighted by molar-refractivity contribution is -0.116. The molecule has 2 aromatic carbocycles. The maximum absolute atomic E-state index is 12.0. The predicted molar refractivity (Wildman–Crippen MR) is 128 cm³/mol. The van der Waals surface area contributed by atoms with Gasteiger partial charge in [0.25, 0.3) is 0 Å². The third kappa shape index (κ3) is 5.15. The lowest BCUT2D eigenvalue weighted by atomic mass is 9.90. The Morgan fingerprint density at radius 2 is 2.07 bits per heavy atom. The Kier molecular flexibility index (Phi) is 7.39. The van der Waals surface area contributed by atoms with Gasteiger partial charge in [-0.05, 0) is 23.3 Å². The molecule has 4 rings (SSSR count). The maximum Gasteiger partial charge on any atom is 0.225 e. The van der Waals surface area contributed by atoms with E-state index < -0.39 is 0 Å². The minimum absolute atomic E-state index is 0. The quantitative estimate of drug-likeness (QED) is 0.237. The summed E-state index contributed by atoms with van der Waals surface area (Å²) in [6, 6.07) is 16.0. The van der Waals surface area contributed by atoms with Crippen molar-refractivity contribution < 1.29 is 4.79 Å². The van der Waals surface area contributed by atoms with Gasteiger partial charge >= 0.3 is 0 Å². The number of aromatic amines is 1. The van der Waals surface area contributed by atoms with Crippen molar-refractivity contribution in [2.24, 2.45) is 4.99 Å². The van der Waals surface area contributed by atoms with Crippen LogP contribution in [0.2, 0.25) is 0 Å². The van der Waals surface area contributed by atoms with Crippen LogP contribution in [0.5, 0.6) is 0 Å². The molecule has 0 aliphatic carbocycles. The largest absolute Gasteiger partial charge is 0.356 e. The fourth-order valence-corrected chi connectivity index (χ4v) is 3.48. The second-order valence-electron chi connectivity index (χ2n) is 6.88. The average molecular weight is 517 g/mol. The second kappa shape index (κ2) is 10.2. The standard InChI is InChI=1S/C21H23N7O.HI/c1-22-21(23-11-14-5-4-6-15(9-14)20-25-13-26-28-20)24-12-16-10-19(29)27-18-8-3-2-7-17(16)18;/h2-9,13,16H,10-12H2,1H3,(H,27,29)(H2,22,23,24)(H,25,26,28);1H. The van der Waals surface area contributed by atoms with Crippen molar-refractivity contribution in [1.29, 1.82) is 0 Å². The SMILES string of the molecule is CN=C(NCc1cccc(-c2ncn[nH]2)c1)NCC1CC(=O)Nc2ccccc21.I. The smallest absolute Gasteiger partial charge is 0.225 e. The lowest BCUT2D eigenvalue weighted by Gasteiger charge is -2.26. The van der Waals surface area contributed by atoms with Crippen LogP contribution in [0.3, 0.4) is 0 Å². The van der Waals surface area contributed by atoms with Gasteiger partial charge in [-0.15, -0.1) is 24.0 Å². The van der Waals surface area contributed by atoms with Gasteiger partial charge in [-0.25, -0.2) is 4.98 Å². The first-order valence-corrected chi connectivity index (χ1v) is 9.51. The Labute approximate surface area is 192 Å². The van der Waals surface area contributed by atoms with Gasteiger partial charge in [-0.2, -0.15) is 5.10 Å². The van der Waals surface area contributed by atoms with E-state index in [9.17, 15) is 4.79 Å². The van der Waals surface area contributed by atoms with Gasteiger partial charge in [0, 0.05) is 43.7 Å². The highest BCUT2D eigenvalue weighted by Crippen LogP contribution is 2.31. The normalized spacial score (nSPS) is 15.6. The summed E-state index contributed by atoms with van der Waals surface area (Å²) < 4.78 is 0. The Morgan fingerprint density at radius 3 is 2.87 bits per heavy atom. The van der Waals surface area contributed by atoms with E-state index in [0.29, 0.717) is 25.5 Å². The molecular weight excluding hydrogens is 493 g/mol. The zero-order valence-electron chi connectivity index (χ0n) is 16.6. The van der Waals surface area contributed by atoms with E-state index in [-0.39, 0.29) is 35.8 Å². The molecule has 1 aromatic heterocycles. The average Bonchev–Trinajstić information content (AvgIpc) is 3.29. The summed E-state index contributed by atoms with van der Waals surface area (Å²) in [5, 5.41) is 16.4. The Bertz CT molecular complexity index is 1020. The number of aliphatic imine (C=N–C) groups is 1. The number of nitrogens with zero attached hydrogens (tertiary/aromatic N) is 3. The van der Waals surface area contributed by atoms with Crippen molar-refractivity contribution in [2.75, 3.05) is 18.9 Å². The fourth-order valence-electron chi connectivity index (χ4n) is 3.48. The highest BCUT2D eigenvalue weighted by atomic mass is 127. The molecule has 0 saturated carbocycles. The summed E-state index contributed by atoms with van der Waals surface area (Å²) >= 11 is 0. The maximum atomic E-state index is 12.0. The molecule has 0 fully saturated rings. The summed E-state index contributed by atoms with van der Waals surface area (Å²) in [5.74, 6) is 1.58. The van der Waals surface area contributed by atoms with Crippen LogP contribution in [0.4, 0.5) is 5.69 Å².